The zero-order valence-corrected chi connectivity index (χ0v) is 8.92. The van der Waals surface area contributed by atoms with Crippen LogP contribution >= 0.6 is 11.6 Å². The van der Waals surface area contributed by atoms with Crippen molar-refractivity contribution >= 4 is 29.0 Å². The first kappa shape index (κ1) is 10.8. The molecule has 0 N–H and O–H groups in total. The van der Waals surface area contributed by atoms with Crippen molar-refractivity contribution in [1.82, 2.24) is 4.98 Å². The Bertz CT molecular complexity index is 451. The van der Waals surface area contributed by atoms with Gasteiger partial charge >= 0.3 is 0 Å². The van der Waals surface area contributed by atoms with Gasteiger partial charge in [0.15, 0.2) is 0 Å². The first-order valence-corrected chi connectivity index (χ1v) is 5.06. The van der Waals surface area contributed by atoms with Gasteiger partial charge in [0, 0.05) is 25.2 Å². The third-order valence-electron chi connectivity index (χ3n) is 2.29. The van der Waals surface area contributed by atoms with Crippen LogP contribution in [-0.2, 0) is 4.79 Å². The minimum atomic E-state index is -0.524. The summed E-state index contributed by atoms with van der Waals surface area (Å²) in [6.07, 6.45) is 1.55. The number of halogens is 1. The molecule has 1 aliphatic heterocycles. The predicted octanol–water partition coefficient (Wildman–Crippen LogP) is 1.33. The second-order valence-electron chi connectivity index (χ2n) is 3.44. The molecule has 1 saturated heterocycles. The van der Waals surface area contributed by atoms with Crippen LogP contribution in [0.1, 0.15) is 6.42 Å². The number of nitrogens with zero attached hydrogens (tertiary/aromatic N) is 3. The van der Waals surface area contributed by atoms with Gasteiger partial charge in [0.2, 0.25) is 5.91 Å². The third-order valence-corrected chi connectivity index (χ3v) is 2.59. The normalized spacial score (nSPS) is 20.2. The van der Waals surface area contributed by atoms with Gasteiger partial charge in [0.05, 0.1) is 16.4 Å². The number of aromatic nitrogens is 1. The number of amides is 1. The number of nitro groups is 1. The van der Waals surface area contributed by atoms with Crippen LogP contribution in [0.15, 0.2) is 18.3 Å². The fraction of sp³-hybridized carbons (Fsp3) is 0.333. The number of anilines is 1. The first-order valence-electron chi connectivity index (χ1n) is 4.63. The van der Waals surface area contributed by atoms with E-state index in [2.05, 4.69) is 4.98 Å². The first-order chi connectivity index (χ1) is 7.58. The maximum Gasteiger partial charge on any atom is 0.274 e. The average molecular weight is 242 g/mol. The minimum absolute atomic E-state index is 0.0872. The van der Waals surface area contributed by atoms with E-state index in [4.69, 9.17) is 11.6 Å². The molecular weight excluding hydrogens is 234 g/mol. The molecule has 0 radical (unpaired) electrons. The Morgan fingerprint density at radius 1 is 1.62 bits per heavy atom. The molecule has 6 nitrogen and oxygen atoms in total. The van der Waals surface area contributed by atoms with Crippen molar-refractivity contribution < 1.29 is 9.72 Å². The number of pyridine rings is 1. The summed E-state index contributed by atoms with van der Waals surface area (Å²) in [4.78, 5) is 26.8. The topological polar surface area (TPSA) is 76.3 Å². The van der Waals surface area contributed by atoms with E-state index in [-0.39, 0.29) is 29.2 Å². The van der Waals surface area contributed by atoms with E-state index in [0.717, 1.165) is 0 Å². The summed E-state index contributed by atoms with van der Waals surface area (Å²) in [5.41, 5.74) is -0.0872. The fourth-order valence-electron chi connectivity index (χ4n) is 1.55. The minimum Gasteiger partial charge on any atom is -0.295 e. The van der Waals surface area contributed by atoms with Crippen molar-refractivity contribution in [1.29, 1.82) is 0 Å². The highest BCUT2D eigenvalue weighted by atomic mass is 35.5. The highest BCUT2D eigenvalue weighted by Gasteiger charge is 2.30. The maximum atomic E-state index is 11.5. The summed E-state index contributed by atoms with van der Waals surface area (Å²) in [5, 5.41) is 10.3. The van der Waals surface area contributed by atoms with Gasteiger partial charge in [-0.25, -0.2) is 4.98 Å². The van der Waals surface area contributed by atoms with E-state index in [0.29, 0.717) is 6.54 Å². The molecule has 0 bridgehead atoms. The van der Waals surface area contributed by atoms with E-state index in [1.54, 1.807) is 0 Å². The Morgan fingerprint density at radius 2 is 2.38 bits per heavy atom. The third kappa shape index (κ3) is 1.96. The monoisotopic (exact) mass is 241 g/mol. The standard InChI is InChI=1S/C9H8ClN3O3/c10-6-3-9(14)12(5-6)8-4-7(13(15)16)1-2-11-8/h1-2,4,6H,3,5H2. The Morgan fingerprint density at radius 3 is 2.94 bits per heavy atom. The van der Waals surface area contributed by atoms with Crippen molar-refractivity contribution in [3.8, 4) is 0 Å². The van der Waals surface area contributed by atoms with Gasteiger partial charge in [0.1, 0.15) is 5.82 Å². The molecular formula is C9H8ClN3O3. The Labute approximate surface area is 96.0 Å². The van der Waals surface area contributed by atoms with Gasteiger partial charge in [-0.1, -0.05) is 0 Å². The van der Waals surface area contributed by atoms with Gasteiger partial charge in [0.25, 0.3) is 5.69 Å². The highest BCUT2D eigenvalue weighted by molar-refractivity contribution is 6.24. The largest absolute Gasteiger partial charge is 0.295 e. The van der Waals surface area contributed by atoms with Gasteiger partial charge in [-0.05, 0) is 0 Å². The second-order valence-corrected chi connectivity index (χ2v) is 4.05. The molecule has 1 aromatic rings. The van der Waals surface area contributed by atoms with Crippen molar-refractivity contribution in [2.75, 3.05) is 11.4 Å². The molecule has 0 aliphatic carbocycles. The molecule has 2 heterocycles. The van der Waals surface area contributed by atoms with E-state index in [1.165, 1.54) is 23.2 Å². The Hall–Kier alpha value is -1.69. The molecule has 1 aromatic heterocycles. The Balaban J connectivity index is 2.30. The van der Waals surface area contributed by atoms with Crippen LogP contribution in [0, 0.1) is 10.1 Å². The SMILES string of the molecule is O=C1CC(Cl)CN1c1cc([N+](=O)[O-])ccn1. The van der Waals surface area contributed by atoms with Gasteiger partial charge in [-0.2, -0.15) is 0 Å². The summed E-state index contributed by atoms with van der Waals surface area (Å²) in [5.74, 6) is 0.121. The van der Waals surface area contributed by atoms with Crippen molar-refractivity contribution in [2.24, 2.45) is 0 Å². The predicted molar refractivity (Wildman–Crippen MR) is 57.5 cm³/mol. The van der Waals surface area contributed by atoms with Crippen LogP contribution in [0.2, 0.25) is 0 Å². The summed E-state index contributed by atoms with van der Waals surface area (Å²) < 4.78 is 0. The van der Waals surface area contributed by atoms with Crippen molar-refractivity contribution in [2.45, 2.75) is 11.8 Å². The van der Waals surface area contributed by atoms with Crippen LogP contribution in [0.4, 0.5) is 11.5 Å². The van der Waals surface area contributed by atoms with Crippen molar-refractivity contribution in [3.05, 3.63) is 28.4 Å². The molecule has 1 amide bonds. The molecule has 0 aromatic carbocycles. The lowest BCUT2D eigenvalue weighted by Gasteiger charge is -2.13. The number of carbonyl (C=O) groups excluding carboxylic acids is 1. The lowest BCUT2D eigenvalue weighted by Crippen LogP contribution is -2.25. The Kier molecular flexibility index (Phi) is 2.74. The summed E-state index contributed by atoms with van der Waals surface area (Å²) in [6.45, 7) is 0.342. The lowest BCUT2D eigenvalue weighted by atomic mass is 10.4. The van der Waals surface area contributed by atoms with Crippen LogP contribution in [0.5, 0.6) is 0 Å². The molecule has 1 atom stereocenters. The molecule has 1 unspecified atom stereocenters. The molecule has 16 heavy (non-hydrogen) atoms. The van der Waals surface area contributed by atoms with E-state index < -0.39 is 4.92 Å². The fourth-order valence-corrected chi connectivity index (χ4v) is 1.82. The van der Waals surface area contributed by atoms with Gasteiger partial charge in [-0.3, -0.25) is 19.8 Å². The second kappa shape index (κ2) is 4.05. The molecule has 0 spiro atoms. The van der Waals surface area contributed by atoms with Crippen LogP contribution < -0.4 is 4.90 Å². The zero-order valence-electron chi connectivity index (χ0n) is 8.17. The molecule has 1 aliphatic rings. The lowest BCUT2D eigenvalue weighted by molar-refractivity contribution is -0.384. The number of hydrogen-bond donors (Lipinski definition) is 0. The summed E-state index contributed by atoms with van der Waals surface area (Å²) in [6, 6.07) is 2.55. The number of alkyl halides is 1. The average Bonchev–Trinajstić information content (AvgIpc) is 2.58. The van der Waals surface area contributed by atoms with E-state index in [9.17, 15) is 14.9 Å². The number of carbonyl (C=O) groups is 1. The number of hydrogen-bond acceptors (Lipinski definition) is 4. The summed E-state index contributed by atoms with van der Waals surface area (Å²) in [7, 11) is 0. The number of rotatable bonds is 2. The van der Waals surface area contributed by atoms with Gasteiger partial charge in [-0.15, -0.1) is 11.6 Å². The van der Waals surface area contributed by atoms with Gasteiger partial charge < -0.3 is 0 Å². The maximum absolute atomic E-state index is 11.5. The van der Waals surface area contributed by atoms with Crippen LogP contribution in [0.25, 0.3) is 0 Å². The quantitative estimate of drug-likeness (QED) is 0.445. The van der Waals surface area contributed by atoms with E-state index >= 15 is 0 Å². The molecule has 84 valence electrons. The highest BCUT2D eigenvalue weighted by Crippen LogP contribution is 2.24. The summed E-state index contributed by atoms with van der Waals surface area (Å²) >= 11 is 5.83. The van der Waals surface area contributed by atoms with Crippen LogP contribution in [0.3, 0.4) is 0 Å². The van der Waals surface area contributed by atoms with Crippen LogP contribution in [-0.4, -0.2) is 27.7 Å². The molecule has 0 saturated carbocycles. The molecule has 7 heteroatoms. The zero-order chi connectivity index (χ0) is 11.7. The van der Waals surface area contributed by atoms with E-state index in [1.807, 2.05) is 0 Å². The van der Waals surface area contributed by atoms with Crippen molar-refractivity contribution in [3.63, 3.8) is 0 Å². The smallest absolute Gasteiger partial charge is 0.274 e. The molecule has 1 fully saturated rings. The molecule has 2 rings (SSSR count).